The molecule has 0 aliphatic carbocycles. The minimum absolute atomic E-state index is 0.0532. The lowest BCUT2D eigenvalue weighted by molar-refractivity contribution is 0.0483. The second-order valence-electron chi connectivity index (χ2n) is 7.10. The molecular formula is C20H25NO5S. The first-order valence-corrected chi connectivity index (χ1v) is 10.0. The van der Waals surface area contributed by atoms with Crippen LogP contribution in [0.2, 0.25) is 0 Å². The highest BCUT2D eigenvalue weighted by Gasteiger charge is 2.20. The summed E-state index contributed by atoms with van der Waals surface area (Å²) in [5.74, 6) is 0. The van der Waals surface area contributed by atoms with Gasteiger partial charge in [0.1, 0.15) is 5.60 Å². The lowest BCUT2D eigenvalue weighted by Crippen LogP contribution is -2.42. The molecule has 0 fully saturated rings. The number of carbonyl (C=O) groups is 1. The number of alkyl carbamates (subject to hydrolysis) is 1. The first-order chi connectivity index (χ1) is 13.0. The van der Waals surface area contributed by atoms with Crippen molar-refractivity contribution >= 4 is 15.9 Å². The minimum Gasteiger partial charge on any atom is -0.444 e. The molecule has 0 radical (unpaired) electrons. The standard InChI is InChI=1S/C20H25NO5S/c1-20(2,3)26-19(23)21-16(14-22)13-15-9-11-18(12-10-15)27(24,25)17-7-5-4-6-8-17/h4-12,16,22H,13-14H2,1-3H3,(H,21,23)/t16-/m0/s1/i7D. The van der Waals surface area contributed by atoms with Crippen LogP contribution in [0.4, 0.5) is 4.79 Å². The Morgan fingerprint density at radius 2 is 1.81 bits per heavy atom. The third kappa shape index (κ3) is 6.08. The predicted octanol–water partition coefficient (Wildman–Crippen LogP) is 2.95. The van der Waals surface area contributed by atoms with Crippen molar-refractivity contribution in [1.82, 2.24) is 5.32 Å². The number of sulfone groups is 1. The summed E-state index contributed by atoms with van der Waals surface area (Å²) in [7, 11) is -3.79. The number of hydrogen-bond donors (Lipinski definition) is 2. The van der Waals surface area contributed by atoms with Crippen LogP contribution in [0.15, 0.2) is 64.4 Å². The van der Waals surface area contributed by atoms with Gasteiger partial charge in [-0.25, -0.2) is 13.2 Å². The molecule has 6 nitrogen and oxygen atoms in total. The zero-order valence-electron chi connectivity index (χ0n) is 16.6. The van der Waals surface area contributed by atoms with E-state index >= 15 is 0 Å². The number of amides is 1. The van der Waals surface area contributed by atoms with Gasteiger partial charge >= 0.3 is 6.09 Å². The topological polar surface area (TPSA) is 92.7 Å². The summed E-state index contributed by atoms with van der Waals surface area (Å²) in [6, 6.07) is 11.5. The van der Waals surface area contributed by atoms with Gasteiger partial charge in [0.25, 0.3) is 0 Å². The highest BCUT2D eigenvalue weighted by molar-refractivity contribution is 7.91. The smallest absolute Gasteiger partial charge is 0.407 e. The van der Waals surface area contributed by atoms with Crippen LogP contribution in [0.25, 0.3) is 0 Å². The van der Waals surface area contributed by atoms with Crippen molar-refractivity contribution in [3.63, 3.8) is 0 Å². The van der Waals surface area contributed by atoms with Crippen molar-refractivity contribution in [2.45, 2.75) is 48.6 Å². The monoisotopic (exact) mass is 392 g/mol. The Morgan fingerprint density at radius 1 is 1.15 bits per heavy atom. The van der Waals surface area contributed by atoms with E-state index in [1.807, 2.05) is 0 Å². The second kappa shape index (κ2) is 8.54. The zero-order chi connectivity index (χ0) is 20.9. The van der Waals surface area contributed by atoms with Gasteiger partial charge in [-0.05, 0) is 57.0 Å². The van der Waals surface area contributed by atoms with E-state index in [1.165, 1.54) is 24.3 Å². The highest BCUT2D eigenvalue weighted by Crippen LogP contribution is 2.21. The van der Waals surface area contributed by atoms with Gasteiger partial charge in [-0.2, -0.15) is 0 Å². The van der Waals surface area contributed by atoms with Gasteiger partial charge in [0, 0.05) is 0 Å². The fourth-order valence-electron chi connectivity index (χ4n) is 2.40. The molecule has 1 amide bonds. The van der Waals surface area contributed by atoms with E-state index < -0.39 is 27.6 Å². The third-order valence-corrected chi connectivity index (χ3v) is 5.35. The maximum absolute atomic E-state index is 12.7. The number of carbonyl (C=O) groups excluding carboxylic acids is 1. The lowest BCUT2D eigenvalue weighted by atomic mass is 10.1. The van der Waals surface area contributed by atoms with Gasteiger partial charge in [0.2, 0.25) is 9.84 Å². The lowest BCUT2D eigenvalue weighted by Gasteiger charge is -2.22. The Bertz CT molecular complexity index is 920. The van der Waals surface area contributed by atoms with Crippen LogP contribution in [0, 0.1) is 0 Å². The molecule has 7 heteroatoms. The number of rotatable bonds is 6. The van der Waals surface area contributed by atoms with Crippen LogP contribution in [0.3, 0.4) is 0 Å². The SMILES string of the molecule is [2H]c1ccccc1S(=O)(=O)c1ccc(C[C@@H](CO)NC(=O)OC(C)(C)C)cc1. The molecule has 2 aromatic rings. The van der Waals surface area contributed by atoms with Crippen molar-refractivity contribution in [3.05, 3.63) is 60.1 Å². The summed E-state index contributed by atoms with van der Waals surface area (Å²) in [4.78, 5) is 11.9. The fourth-order valence-corrected chi connectivity index (χ4v) is 3.62. The van der Waals surface area contributed by atoms with Crippen molar-refractivity contribution in [3.8, 4) is 0 Å². The molecule has 146 valence electrons. The van der Waals surface area contributed by atoms with Crippen molar-refractivity contribution in [2.24, 2.45) is 0 Å². The molecule has 0 heterocycles. The number of aliphatic hydroxyl groups excluding tert-OH is 1. The molecular weight excluding hydrogens is 366 g/mol. The van der Waals surface area contributed by atoms with Crippen LogP contribution in [-0.4, -0.2) is 37.9 Å². The average Bonchev–Trinajstić information content (AvgIpc) is 2.60. The zero-order valence-corrected chi connectivity index (χ0v) is 16.4. The maximum atomic E-state index is 12.7. The molecule has 0 aliphatic rings. The molecule has 0 spiro atoms. The average molecular weight is 392 g/mol. The summed E-state index contributed by atoms with van der Waals surface area (Å²) in [6.07, 6.45) is -0.316. The number of hydrogen-bond acceptors (Lipinski definition) is 5. The molecule has 0 aliphatic heterocycles. The molecule has 0 aromatic heterocycles. The van der Waals surface area contributed by atoms with Crippen molar-refractivity contribution < 1.29 is 24.4 Å². The van der Waals surface area contributed by atoms with E-state index in [-0.39, 0.29) is 22.4 Å². The number of ether oxygens (including phenoxy) is 1. The Kier molecular flexibility index (Phi) is 6.13. The predicted molar refractivity (Wildman–Crippen MR) is 102 cm³/mol. The van der Waals surface area contributed by atoms with Gasteiger partial charge in [-0.1, -0.05) is 30.3 Å². The Hall–Kier alpha value is -2.38. The Morgan fingerprint density at radius 3 is 2.37 bits per heavy atom. The molecule has 0 saturated heterocycles. The summed E-state index contributed by atoms with van der Waals surface area (Å²) >= 11 is 0. The van der Waals surface area contributed by atoms with Gasteiger partial charge in [0.15, 0.2) is 0 Å². The summed E-state index contributed by atoms with van der Waals surface area (Å²) in [6.45, 7) is 4.95. The normalized spacial score (nSPS) is 13.6. The van der Waals surface area contributed by atoms with E-state index in [2.05, 4.69) is 5.32 Å². The molecule has 0 unspecified atom stereocenters. The molecule has 27 heavy (non-hydrogen) atoms. The van der Waals surface area contributed by atoms with Crippen LogP contribution in [0.5, 0.6) is 0 Å². The minimum atomic E-state index is -3.79. The van der Waals surface area contributed by atoms with E-state index in [0.717, 1.165) is 5.56 Å². The molecule has 0 saturated carbocycles. The van der Waals surface area contributed by atoms with Gasteiger partial charge in [0.05, 0.1) is 23.8 Å². The quantitative estimate of drug-likeness (QED) is 0.788. The van der Waals surface area contributed by atoms with Crippen LogP contribution < -0.4 is 5.32 Å². The summed E-state index contributed by atoms with van der Waals surface area (Å²) < 4.78 is 38.4. The van der Waals surface area contributed by atoms with Crippen molar-refractivity contribution in [1.29, 1.82) is 0 Å². The molecule has 2 aromatic carbocycles. The van der Waals surface area contributed by atoms with Crippen LogP contribution in [-0.2, 0) is 21.0 Å². The number of nitrogens with one attached hydrogen (secondary N) is 1. The van der Waals surface area contributed by atoms with Gasteiger partial charge in [-0.3, -0.25) is 0 Å². The van der Waals surface area contributed by atoms with Gasteiger partial charge < -0.3 is 15.2 Å². The molecule has 2 rings (SSSR count). The van der Waals surface area contributed by atoms with E-state index in [1.54, 1.807) is 45.0 Å². The maximum Gasteiger partial charge on any atom is 0.407 e. The largest absolute Gasteiger partial charge is 0.444 e. The number of benzene rings is 2. The highest BCUT2D eigenvalue weighted by atomic mass is 32.2. The molecule has 0 bridgehead atoms. The first-order valence-electron chi connectivity index (χ1n) is 9.03. The van der Waals surface area contributed by atoms with E-state index in [9.17, 15) is 18.3 Å². The van der Waals surface area contributed by atoms with Crippen molar-refractivity contribution in [2.75, 3.05) is 6.61 Å². The van der Waals surface area contributed by atoms with Crippen LogP contribution in [0.1, 0.15) is 27.7 Å². The summed E-state index contributed by atoms with van der Waals surface area (Å²) in [5.41, 5.74) is 0.0991. The van der Waals surface area contributed by atoms with Crippen LogP contribution >= 0.6 is 0 Å². The molecule has 2 N–H and O–H groups in total. The van der Waals surface area contributed by atoms with E-state index in [4.69, 9.17) is 6.11 Å². The Labute approximate surface area is 161 Å². The first kappa shape index (κ1) is 19.4. The Balaban J connectivity index is 2.11. The fraction of sp³-hybridized carbons (Fsp3) is 0.350. The van der Waals surface area contributed by atoms with Gasteiger partial charge in [-0.15, -0.1) is 0 Å². The number of aliphatic hydroxyl groups is 1. The summed E-state index contributed by atoms with van der Waals surface area (Å²) in [5, 5.41) is 12.1. The van der Waals surface area contributed by atoms with E-state index in [0.29, 0.717) is 6.42 Å². The third-order valence-electron chi connectivity index (χ3n) is 3.63. The molecule has 1 atom stereocenters. The second-order valence-corrected chi connectivity index (χ2v) is 9.02.